The molecule has 1 fully saturated rings. The SMILES string of the molecule is NC1CCC(Nc2ccc3c(c2)NC(=O)CO3)C1. The molecule has 1 heterocycles. The number of carbonyl (C=O) groups is 1. The molecular weight excluding hydrogens is 230 g/mol. The Bertz CT molecular complexity index is 475. The molecule has 0 spiro atoms. The maximum absolute atomic E-state index is 11.3. The van der Waals surface area contributed by atoms with Crippen molar-refractivity contribution in [3.63, 3.8) is 0 Å². The molecule has 0 saturated heterocycles. The Kier molecular flexibility index (Phi) is 2.83. The van der Waals surface area contributed by atoms with Gasteiger partial charge in [0.05, 0.1) is 5.69 Å². The van der Waals surface area contributed by atoms with E-state index in [4.69, 9.17) is 10.5 Å². The van der Waals surface area contributed by atoms with Gasteiger partial charge in [-0.2, -0.15) is 0 Å². The second-order valence-corrected chi connectivity index (χ2v) is 4.96. The van der Waals surface area contributed by atoms with Crippen LogP contribution in [0.15, 0.2) is 18.2 Å². The fourth-order valence-corrected chi connectivity index (χ4v) is 2.56. The standard InChI is InChI=1S/C13H17N3O2/c14-8-1-2-9(5-8)15-10-3-4-12-11(6-10)16-13(17)7-18-12/h3-4,6,8-9,15H,1-2,5,7,14H2,(H,16,17). The van der Waals surface area contributed by atoms with Gasteiger partial charge >= 0.3 is 0 Å². The number of hydrogen-bond donors (Lipinski definition) is 3. The van der Waals surface area contributed by atoms with E-state index in [1.807, 2.05) is 18.2 Å². The molecule has 5 nitrogen and oxygen atoms in total. The molecule has 1 aromatic rings. The maximum atomic E-state index is 11.3. The van der Waals surface area contributed by atoms with Gasteiger partial charge in [-0.1, -0.05) is 0 Å². The first-order chi connectivity index (χ1) is 8.70. The maximum Gasteiger partial charge on any atom is 0.262 e. The Morgan fingerprint density at radius 1 is 1.39 bits per heavy atom. The van der Waals surface area contributed by atoms with Crippen LogP contribution in [0, 0.1) is 0 Å². The van der Waals surface area contributed by atoms with Crippen LogP contribution < -0.4 is 21.1 Å². The van der Waals surface area contributed by atoms with Crippen molar-refractivity contribution in [2.45, 2.75) is 31.3 Å². The van der Waals surface area contributed by atoms with Gasteiger partial charge < -0.3 is 21.1 Å². The number of nitrogens with two attached hydrogens (primary N) is 1. The molecule has 1 aliphatic heterocycles. The van der Waals surface area contributed by atoms with Crippen molar-refractivity contribution in [1.82, 2.24) is 0 Å². The Balaban J connectivity index is 1.73. The van der Waals surface area contributed by atoms with Gasteiger partial charge in [-0.05, 0) is 37.5 Å². The van der Waals surface area contributed by atoms with Crippen molar-refractivity contribution in [3.05, 3.63) is 18.2 Å². The number of benzene rings is 1. The third-order valence-corrected chi connectivity index (χ3v) is 3.46. The lowest BCUT2D eigenvalue weighted by molar-refractivity contribution is -0.118. The molecule has 0 radical (unpaired) electrons. The first-order valence-corrected chi connectivity index (χ1v) is 6.29. The Morgan fingerprint density at radius 3 is 3.06 bits per heavy atom. The minimum atomic E-state index is -0.109. The molecule has 1 aromatic carbocycles. The molecule has 2 unspecified atom stereocenters. The summed E-state index contributed by atoms with van der Waals surface area (Å²) < 4.78 is 5.32. The van der Waals surface area contributed by atoms with Crippen LogP contribution in [-0.4, -0.2) is 24.6 Å². The van der Waals surface area contributed by atoms with Crippen LogP contribution in [-0.2, 0) is 4.79 Å². The summed E-state index contributed by atoms with van der Waals surface area (Å²) in [5, 5.41) is 6.25. The van der Waals surface area contributed by atoms with E-state index < -0.39 is 0 Å². The molecule has 18 heavy (non-hydrogen) atoms. The highest BCUT2D eigenvalue weighted by Crippen LogP contribution is 2.31. The number of anilines is 2. The van der Waals surface area contributed by atoms with Crippen molar-refractivity contribution in [2.75, 3.05) is 17.2 Å². The lowest BCUT2D eigenvalue weighted by atomic mass is 10.2. The summed E-state index contributed by atoms with van der Waals surface area (Å²) in [5.41, 5.74) is 7.62. The topological polar surface area (TPSA) is 76.4 Å². The molecule has 0 bridgehead atoms. The Hall–Kier alpha value is -1.75. The first-order valence-electron chi connectivity index (χ1n) is 6.29. The molecule has 5 heteroatoms. The number of fused-ring (bicyclic) bond motifs is 1. The van der Waals surface area contributed by atoms with E-state index in [1.54, 1.807) is 0 Å². The highest BCUT2D eigenvalue weighted by atomic mass is 16.5. The quantitative estimate of drug-likeness (QED) is 0.736. The van der Waals surface area contributed by atoms with Gasteiger partial charge in [-0.3, -0.25) is 4.79 Å². The van der Waals surface area contributed by atoms with E-state index in [9.17, 15) is 4.79 Å². The summed E-state index contributed by atoms with van der Waals surface area (Å²) in [4.78, 5) is 11.3. The van der Waals surface area contributed by atoms with Crippen LogP contribution in [0.25, 0.3) is 0 Å². The van der Waals surface area contributed by atoms with Crippen LogP contribution in [0.4, 0.5) is 11.4 Å². The van der Waals surface area contributed by atoms with Gasteiger partial charge in [0.15, 0.2) is 6.61 Å². The van der Waals surface area contributed by atoms with Gasteiger partial charge in [-0.25, -0.2) is 0 Å². The second-order valence-electron chi connectivity index (χ2n) is 4.96. The number of nitrogens with one attached hydrogen (secondary N) is 2. The normalized spacial score (nSPS) is 26.2. The van der Waals surface area contributed by atoms with E-state index >= 15 is 0 Å². The number of hydrogen-bond acceptors (Lipinski definition) is 4. The van der Waals surface area contributed by atoms with Crippen molar-refractivity contribution in [3.8, 4) is 5.75 Å². The molecule has 1 saturated carbocycles. The highest BCUT2D eigenvalue weighted by Gasteiger charge is 2.22. The fourth-order valence-electron chi connectivity index (χ4n) is 2.56. The minimum absolute atomic E-state index is 0.0945. The first kappa shape index (κ1) is 11.3. The molecule has 2 aliphatic rings. The van der Waals surface area contributed by atoms with E-state index in [1.165, 1.54) is 0 Å². The van der Waals surface area contributed by atoms with Crippen LogP contribution >= 0.6 is 0 Å². The molecule has 96 valence electrons. The van der Waals surface area contributed by atoms with Crippen molar-refractivity contribution < 1.29 is 9.53 Å². The molecule has 3 rings (SSSR count). The van der Waals surface area contributed by atoms with E-state index in [0.717, 1.165) is 36.4 Å². The highest BCUT2D eigenvalue weighted by molar-refractivity contribution is 5.96. The average Bonchev–Trinajstić information content (AvgIpc) is 2.74. The van der Waals surface area contributed by atoms with Gasteiger partial charge in [-0.15, -0.1) is 0 Å². The summed E-state index contributed by atoms with van der Waals surface area (Å²) in [6.45, 7) is 0.0945. The molecule has 2 atom stereocenters. The largest absolute Gasteiger partial charge is 0.482 e. The van der Waals surface area contributed by atoms with Gasteiger partial charge in [0, 0.05) is 17.8 Å². The number of ether oxygens (including phenoxy) is 1. The summed E-state index contributed by atoms with van der Waals surface area (Å²) >= 11 is 0. The monoisotopic (exact) mass is 247 g/mol. The second kappa shape index (κ2) is 4.49. The number of rotatable bonds is 2. The zero-order chi connectivity index (χ0) is 12.5. The van der Waals surface area contributed by atoms with Crippen molar-refractivity contribution in [1.29, 1.82) is 0 Å². The van der Waals surface area contributed by atoms with Crippen LogP contribution in [0.5, 0.6) is 5.75 Å². The lowest BCUT2D eigenvalue weighted by Gasteiger charge is -2.20. The summed E-state index contributed by atoms with van der Waals surface area (Å²) in [6.07, 6.45) is 3.17. The zero-order valence-corrected chi connectivity index (χ0v) is 10.1. The Morgan fingerprint density at radius 2 is 2.28 bits per heavy atom. The zero-order valence-electron chi connectivity index (χ0n) is 10.1. The third-order valence-electron chi connectivity index (χ3n) is 3.46. The molecule has 1 aliphatic carbocycles. The smallest absolute Gasteiger partial charge is 0.262 e. The van der Waals surface area contributed by atoms with Gasteiger partial charge in [0.2, 0.25) is 0 Å². The molecule has 1 amide bonds. The number of carbonyl (C=O) groups excluding carboxylic acids is 1. The van der Waals surface area contributed by atoms with Crippen LogP contribution in [0.2, 0.25) is 0 Å². The van der Waals surface area contributed by atoms with E-state index in [-0.39, 0.29) is 12.5 Å². The van der Waals surface area contributed by atoms with Gasteiger partial charge in [0.25, 0.3) is 5.91 Å². The van der Waals surface area contributed by atoms with Crippen LogP contribution in [0.3, 0.4) is 0 Å². The fraction of sp³-hybridized carbons (Fsp3) is 0.462. The van der Waals surface area contributed by atoms with Crippen LogP contribution in [0.1, 0.15) is 19.3 Å². The molecular formula is C13H17N3O2. The summed E-state index contributed by atoms with van der Waals surface area (Å²) in [6, 6.07) is 6.50. The predicted octanol–water partition coefficient (Wildman–Crippen LogP) is 1.31. The predicted molar refractivity (Wildman–Crippen MR) is 69.8 cm³/mol. The number of amides is 1. The summed E-state index contributed by atoms with van der Waals surface area (Å²) in [7, 11) is 0. The Labute approximate surface area is 106 Å². The third kappa shape index (κ3) is 2.26. The lowest BCUT2D eigenvalue weighted by Crippen LogP contribution is -2.25. The van der Waals surface area contributed by atoms with Gasteiger partial charge in [0.1, 0.15) is 5.75 Å². The molecule has 4 N–H and O–H groups in total. The summed E-state index contributed by atoms with van der Waals surface area (Å²) in [5.74, 6) is 0.616. The molecule has 0 aromatic heterocycles. The van der Waals surface area contributed by atoms with E-state index in [0.29, 0.717) is 12.1 Å². The van der Waals surface area contributed by atoms with Crippen molar-refractivity contribution in [2.24, 2.45) is 5.73 Å². The van der Waals surface area contributed by atoms with E-state index in [2.05, 4.69) is 10.6 Å². The van der Waals surface area contributed by atoms with Crippen molar-refractivity contribution >= 4 is 17.3 Å². The minimum Gasteiger partial charge on any atom is -0.482 e. The average molecular weight is 247 g/mol.